The van der Waals surface area contributed by atoms with Crippen LogP contribution in [-0.2, 0) is 4.79 Å². The molecule has 4 nitrogen and oxygen atoms in total. The van der Waals surface area contributed by atoms with Gasteiger partial charge >= 0.3 is 0 Å². The van der Waals surface area contributed by atoms with Crippen molar-refractivity contribution in [3.63, 3.8) is 0 Å². The Balaban J connectivity index is 2.14. The number of nitrogens with zero attached hydrogens (tertiary/aromatic N) is 2. The van der Waals surface area contributed by atoms with Gasteiger partial charge in [-0.1, -0.05) is 18.2 Å². The molecule has 1 amide bonds. The van der Waals surface area contributed by atoms with Gasteiger partial charge in [0.25, 0.3) is 0 Å². The molecule has 0 spiro atoms. The fraction of sp³-hybridized carbons (Fsp3) is 0.533. The molecule has 2 rings (SSSR count). The van der Waals surface area contributed by atoms with Crippen LogP contribution in [0.25, 0.3) is 0 Å². The van der Waals surface area contributed by atoms with Crippen LogP contribution in [0.5, 0.6) is 0 Å². The molecule has 0 saturated heterocycles. The zero-order valence-electron chi connectivity index (χ0n) is 12.2. The number of hydrogen-bond acceptors (Lipinski definition) is 3. The molecule has 2 unspecified atom stereocenters. The van der Waals surface area contributed by atoms with Gasteiger partial charge in [0, 0.05) is 37.8 Å². The van der Waals surface area contributed by atoms with Crippen LogP contribution >= 0.6 is 0 Å². The molecule has 0 saturated carbocycles. The normalized spacial score (nSPS) is 20.6. The lowest BCUT2D eigenvalue weighted by molar-refractivity contribution is -0.119. The van der Waals surface area contributed by atoms with Crippen LogP contribution in [0.4, 0.5) is 5.69 Å². The summed E-state index contributed by atoms with van der Waals surface area (Å²) >= 11 is 0. The molecule has 0 aromatic heterocycles. The van der Waals surface area contributed by atoms with Crippen LogP contribution in [0.15, 0.2) is 24.3 Å². The molecule has 0 radical (unpaired) electrons. The summed E-state index contributed by atoms with van der Waals surface area (Å²) in [5, 5.41) is 3.52. The van der Waals surface area contributed by atoms with E-state index in [1.54, 1.807) is 4.90 Å². The molecule has 2 atom stereocenters. The summed E-state index contributed by atoms with van der Waals surface area (Å²) in [6.45, 7) is 3.05. The van der Waals surface area contributed by atoms with Gasteiger partial charge in [-0.2, -0.15) is 0 Å². The number of benzene rings is 1. The van der Waals surface area contributed by atoms with Crippen molar-refractivity contribution < 1.29 is 4.79 Å². The van der Waals surface area contributed by atoms with Gasteiger partial charge in [0.05, 0.1) is 0 Å². The molecule has 0 bridgehead atoms. The summed E-state index contributed by atoms with van der Waals surface area (Å²) in [6, 6.07) is 8.70. The van der Waals surface area contributed by atoms with Crippen molar-refractivity contribution in [2.45, 2.75) is 25.4 Å². The van der Waals surface area contributed by atoms with Crippen molar-refractivity contribution >= 4 is 11.6 Å². The second kappa shape index (κ2) is 5.72. The highest BCUT2D eigenvalue weighted by Gasteiger charge is 2.28. The fourth-order valence-corrected chi connectivity index (χ4v) is 2.32. The van der Waals surface area contributed by atoms with E-state index in [9.17, 15) is 4.79 Å². The summed E-state index contributed by atoms with van der Waals surface area (Å²) in [7, 11) is 5.99. The van der Waals surface area contributed by atoms with Crippen molar-refractivity contribution in [2.24, 2.45) is 0 Å². The van der Waals surface area contributed by atoms with Gasteiger partial charge in [-0.15, -0.1) is 0 Å². The van der Waals surface area contributed by atoms with Crippen molar-refractivity contribution in [2.75, 3.05) is 32.6 Å². The molecule has 4 heteroatoms. The van der Waals surface area contributed by atoms with Crippen LogP contribution in [0.3, 0.4) is 0 Å². The van der Waals surface area contributed by atoms with Gasteiger partial charge in [0.2, 0.25) is 5.91 Å². The summed E-state index contributed by atoms with van der Waals surface area (Å²) in [4.78, 5) is 16.0. The molecule has 1 N–H and O–H groups in total. The van der Waals surface area contributed by atoms with Crippen LogP contribution < -0.4 is 10.2 Å². The predicted molar refractivity (Wildman–Crippen MR) is 78.4 cm³/mol. The van der Waals surface area contributed by atoms with E-state index in [1.807, 2.05) is 25.2 Å². The maximum absolute atomic E-state index is 12.0. The first-order chi connectivity index (χ1) is 9.00. The van der Waals surface area contributed by atoms with Gasteiger partial charge in [0.1, 0.15) is 0 Å². The van der Waals surface area contributed by atoms with Crippen molar-refractivity contribution in [3.05, 3.63) is 29.8 Å². The van der Waals surface area contributed by atoms with E-state index in [2.05, 4.69) is 37.3 Å². The van der Waals surface area contributed by atoms with Crippen molar-refractivity contribution in [1.82, 2.24) is 10.2 Å². The monoisotopic (exact) mass is 261 g/mol. The zero-order valence-corrected chi connectivity index (χ0v) is 12.2. The molecule has 1 aromatic carbocycles. The lowest BCUT2D eigenvalue weighted by Crippen LogP contribution is -2.42. The SMILES string of the molecule is CC(CNC1CC(=O)N(C)c2ccccc21)N(C)C. The maximum atomic E-state index is 12.0. The number of carbonyl (C=O) groups is 1. The summed E-state index contributed by atoms with van der Waals surface area (Å²) in [6.07, 6.45) is 0.535. The Hall–Kier alpha value is -1.39. The minimum absolute atomic E-state index is 0.127. The third-order valence-electron chi connectivity index (χ3n) is 3.97. The van der Waals surface area contributed by atoms with Crippen molar-refractivity contribution in [1.29, 1.82) is 0 Å². The Morgan fingerprint density at radius 2 is 2.11 bits per heavy atom. The van der Waals surface area contributed by atoms with Crippen molar-refractivity contribution in [3.8, 4) is 0 Å². The van der Waals surface area contributed by atoms with Gasteiger partial charge in [0.15, 0.2) is 0 Å². The molecule has 0 fully saturated rings. The maximum Gasteiger partial charge on any atom is 0.228 e. The van der Waals surface area contributed by atoms with Gasteiger partial charge in [-0.25, -0.2) is 0 Å². The van der Waals surface area contributed by atoms with Gasteiger partial charge < -0.3 is 15.1 Å². The fourth-order valence-electron chi connectivity index (χ4n) is 2.32. The first-order valence-electron chi connectivity index (χ1n) is 6.76. The molecule has 1 heterocycles. The smallest absolute Gasteiger partial charge is 0.228 e. The molecular weight excluding hydrogens is 238 g/mol. The molecule has 1 aliphatic rings. The first kappa shape index (κ1) is 14.0. The Kier molecular flexibility index (Phi) is 4.22. The summed E-state index contributed by atoms with van der Waals surface area (Å²) in [5.74, 6) is 0.175. The number of anilines is 1. The van der Waals surface area contributed by atoms with Crippen LogP contribution in [0, 0.1) is 0 Å². The second-order valence-electron chi connectivity index (χ2n) is 5.49. The molecule has 1 aliphatic heterocycles. The van der Waals surface area contributed by atoms with E-state index in [-0.39, 0.29) is 11.9 Å². The first-order valence-corrected chi connectivity index (χ1v) is 6.76. The molecule has 19 heavy (non-hydrogen) atoms. The van der Waals surface area contributed by atoms with E-state index in [0.29, 0.717) is 12.5 Å². The third kappa shape index (κ3) is 2.96. The van der Waals surface area contributed by atoms with E-state index in [4.69, 9.17) is 0 Å². The lowest BCUT2D eigenvalue weighted by atomic mass is 9.96. The highest BCUT2D eigenvalue weighted by molar-refractivity contribution is 5.96. The lowest BCUT2D eigenvalue weighted by Gasteiger charge is -2.33. The number of carbonyl (C=O) groups excluding carboxylic acids is 1. The Labute approximate surface area is 115 Å². The number of fused-ring (bicyclic) bond motifs is 1. The van der Waals surface area contributed by atoms with Crippen LogP contribution in [0.2, 0.25) is 0 Å². The number of rotatable bonds is 4. The largest absolute Gasteiger partial charge is 0.315 e. The number of amides is 1. The molecule has 0 aliphatic carbocycles. The quantitative estimate of drug-likeness (QED) is 0.895. The highest BCUT2D eigenvalue weighted by Crippen LogP contribution is 2.33. The number of nitrogens with one attached hydrogen (secondary N) is 1. The molecule has 104 valence electrons. The average Bonchev–Trinajstić information content (AvgIpc) is 2.40. The summed E-state index contributed by atoms with van der Waals surface area (Å²) in [5.41, 5.74) is 2.24. The number of likely N-dealkylation sites (N-methyl/N-ethyl adjacent to an activating group) is 1. The van der Waals surface area contributed by atoms with E-state index in [1.165, 1.54) is 5.56 Å². The summed E-state index contributed by atoms with van der Waals surface area (Å²) < 4.78 is 0. The molecular formula is C15H23N3O. The Bertz CT molecular complexity index is 458. The number of hydrogen-bond donors (Lipinski definition) is 1. The van der Waals surface area contributed by atoms with E-state index in [0.717, 1.165) is 12.2 Å². The van der Waals surface area contributed by atoms with Gasteiger partial charge in [-0.05, 0) is 32.6 Å². The topological polar surface area (TPSA) is 35.6 Å². The molecule has 1 aromatic rings. The third-order valence-corrected chi connectivity index (χ3v) is 3.97. The van der Waals surface area contributed by atoms with Crippen LogP contribution in [0.1, 0.15) is 24.9 Å². The average molecular weight is 261 g/mol. The second-order valence-corrected chi connectivity index (χ2v) is 5.49. The van der Waals surface area contributed by atoms with E-state index >= 15 is 0 Å². The Morgan fingerprint density at radius 1 is 1.42 bits per heavy atom. The standard InChI is InChI=1S/C15H23N3O/c1-11(17(2)3)10-16-13-9-15(19)18(4)14-8-6-5-7-12(13)14/h5-8,11,13,16H,9-10H2,1-4H3. The zero-order chi connectivity index (χ0) is 14.0. The minimum atomic E-state index is 0.127. The highest BCUT2D eigenvalue weighted by atomic mass is 16.2. The van der Waals surface area contributed by atoms with E-state index < -0.39 is 0 Å². The Morgan fingerprint density at radius 3 is 2.79 bits per heavy atom. The van der Waals surface area contributed by atoms with Crippen LogP contribution in [-0.4, -0.2) is 44.5 Å². The predicted octanol–water partition coefficient (Wildman–Crippen LogP) is 1.63. The van der Waals surface area contributed by atoms with Gasteiger partial charge in [-0.3, -0.25) is 4.79 Å². The number of para-hydroxylation sites is 1. The minimum Gasteiger partial charge on any atom is -0.315 e.